The predicted octanol–water partition coefficient (Wildman–Crippen LogP) is 2.37. The van der Waals surface area contributed by atoms with Gasteiger partial charge in [0, 0.05) is 5.75 Å². The third-order valence-electron chi connectivity index (χ3n) is 4.30. The van der Waals surface area contributed by atoms with Crippen molar-refractivity contribution in [2.45, 2.75) is 52.7 Å². The fourth-order valence-corrected chi connectivity index (χ4v) is 3.23. The third kappa shape index (κ3) is 3.58. The van der Waals surface area contributed by atoms with E-state index in [0.717, 1.165) is 17.7 Å². The van der Waals surface area contributed by atoms with E-state index < -0.39 is 15.4 Å². The second-order valence-corrected chi connectivity index (χ2v) is 8.74. The molecule has 1 aromatic rings. The molecule has 0 aliphatic carbocycles. The van der Waals surface area contributed by atoms with Crippen molar-refractivity contribution < 1.29 is 13.2 Å². The van der Waals surface area contributed by atoms with E-state index >= 15 is 0 Å². The van der Waals surface area contributed by atoms with E-state index in [-0.39, 0.29) is 17.7 Å². The fraction of sp³-hybridized carbons (Fsp3) is 0.625. The molecule has 0 saturated carbocycles. The third-order valence-corrected chi connectivity index (χ3v) is 5.79. The van der Waals surface area contributed by atoms with Gasteiger partial charge >= 0.3 is 0 Å². The van der Waals surface area contributed by atoms with Crippen molar-refractivity contribution in [1.29, 1.82) is 0 Å². The van der Waals surface area contributed by atoms with Gasteiger partial charge in [-0.15, -0.1) is 0 Å². The highest BCUT2D eigenvalue weighted by molar-refractivity contribution is 7.91. The topological polar surface area (TPSA) is 55.4 Å². The molecule has 5 heteroatoms. The Hall–Kier alpha value is -1.07. The molecule has 21 heavy (non-hydrogen) atoms. The summed E-state index contributed by atoms with van der Waals surface area (Å²) in [6, 6.07) is 4.20. The van der Waals surface area contributed by atoms with Crippen LogP contribution < -0.4 is 10.1 Å². The maximum Gasteiger partial charge on any atom is 0.162 e. The lowest BCUT2D eigenvalue weighted by molar-refractivity contribution is 0.0506. The van der Waals surface area contributed by atoms with Gasteiger partial charge in [0.25, 0.3) is 0 Å². The van der Waals surface area contributed by atoms with Crippen LogP contribution in [0, 0.1) is 13.8 Å². The van der Waals surface area contributed by atoms with E-state index in [9.17, 15) is 8.42 Å². The minimum Gasteiger partial charge on any atom is -0.486 e. The van der Waals surface area contributed by atoms with Gasteiger partial charge in [-0.05, 0) is 56.9 Å². The van der Waals surface area contributed by atoms with Gasteiger partial charge in [0.05, 0.1) is 11.9 Å². The standard InChI is InChI=1S/C16H25NO3S/c1-6-21(18,19)10-17-15-9-13-7-11(2)12(3)8-14(13)20-16(15,4)5/h7-8,15,17H,6,9-10H2,1-5H3. The number of rotatable bonds is 4. The number of nitrogens with one attached hydrogen (secondary N) is 1. The highest BCUT2D eigenvalue weighted by Gasteiger charge is 2.37. The molecular formula is C16H25NO3S. The van der Waals surface area contributed by atoms with Crippen LogP contribution in [0.4, 0.5) is 0 Å². The van der Waals surface area contributed by atoms with Crippen molar-refractivity contribution in [3.05, 3.63) is 28.8 Å². The first-order chi connectivity index (χ1) is 9.64. The van der Waals surface area contributed by atoms with Crippen molar-refractivity contribution in [3.8, 4) is 5.75 Å². The summed E-state index contributed by atoms with van der Waals surface area (Å²) in [5, 5.41) is 3.17. The monoisotopic (exact) mass is 311 g/mol. The molecule has 0 amide bonds. The number of hydrogen-bond donors (Lipinski definition) is 1. The number of aryl methyl sites for hydroxylation is 2. The SMILES string of the molecule is CCS(=O)(=O)CNC1Cc2cc(C)c(C)cc2OC1(C)C. The quantitative estimate of drug-likeness (QED) is 0.927. The van der Waals surface area contributed by atoms with Gasteiger partial charge in [0.15, 0.2) is 9.84 Å². The Morgan fingerprint density at radius 2 is 1.90 bits per heavy atom. The number of hydrogen-bond acceptors (Lipinski definition) is 4. The van der Waals surface area contributed by atoms with E-state index in [0.29, 0.717) is 0 Å². The molecule has 1 aromatic carbocycles. The molecule has 1 atom stereocenters. The molecule has 1 N–H and O–H groups in total. The number of sulfone groups is 1. The lowest BCUT2D eigenvalue weighted by Crippen LogP contribution is -2.55. The van der Waals surface area contributed by atoms with Gasteiger partial charge in [-0.25, -0.2) is 8.42 Å². The smallest absolute Gasteiger partial charge is 0.162 e. The zero-order chi connectivity index (χ0) is 15.8. The first-order valence-corrected chi connectivity index (χ1v) is 9.19. The highest BCUT2D eigenvalue weighted by atomic mass is 32.2. The summed E-state index contributed by atoms with van der Waals surface area (Å²) in [5.41, 5.74) is 3.16. The summed E-state index contributed by atoms with van der Waals surface area (Å²) in [4.78, 5) is 0. The number of benzene rings is 1. The zero-order valence-corrected chi connectivity index (χ0v) is 14.3. The molecule has 0 spiro atoms. The minimum absolute atomic E-state index is 0.00112. The maximum atomic E-state index is 11.7. The molecule has 0 bridgehead atoms. The van der Waals surface area contributed by atoms with Crippen LogP contribution in [-0.2, 0) is 16.3 Å². The minimum atomic E-state index is -3.03. The fourth-order valence-electron chi connectivity index (χ4n) is 2.57. The molecule has 0 saturated heterocycles. The lowest BCUT2D eigenvalue weighted by Gasteiger charge is -2.40. The first-order valence-electron chi connectivity index (χ1n) is 7.37. The van der Waals surface area contributed by atoms with E-state index in [2.05, 4.69) is 31.3 Å². The normalized spacial score (nSPS) is 20.7. The van der Waals surface area contributed by atoms with E-state index in [1.54, 1.807) is 6.92 Å². The van der Waals surface area contributed by atoms with Crippen molar-refractivity contribution in [3.63, 3.8) is 0 Å². The van der Waals surface area contributed by atoms with E-state index in [1.807, 2.05) is 13.8 Å². The Labute approximate surface area is 127 Å². The highest BCUT2D eigenvalue weighted by Crippen LogP contribution is 2.35. The van der Waals surface area contributed by atoms with Crippen LogP contribution in [0.25, 0.3) is 0 Å². The van der Waals surface area contributed by atoms with Crippen molar-refractivity contribution in [1.82, 2.24) is 5.32 Å². The molecule has 118 valence electrons. The van der Waals surface area contributed by atoms with Gasteiger partial charge in [0.2, 0.25) is 0 Å². The molecule has 0 radical (unpaired) electrons. The Morgan fingerprint density at radius 1 is 1.29 bits per heavy atom. The summed E-state index contributed by atoms with van der Waals surface area (Å²) < 4.78 is 29.5. The molecule has 2 rings (SSSR count). The Morgan fingerprint density at radius 3 is 2.52 bits per heavy atom. The summed E-state index contributed by atoms with van der Waals surface area (Å²) >= 11 is 0. The Kier molecular flexibility index (Phi) is 4.36. The zero-order valence-electron chi connectivity index (χ0n) is 13.5. The second-order valence-electron chi connectivity index (χ2n) is 6.39. The molecule has 1 unspecified atom stereocenters. The van der Waals surface area contributed by atoms with E-state index in [4.69, 9.17) is 4.74 Å². The van der Waals surface area contributed by atoms with Crippen LogP contribution in [0.2, 0.25) is 0 Å². The van der Waals surface area contributed by atoms with Crippen molar-refractivity contribution in [2.75, 3.05) is 11.6 Å². The molecule has 0 aromatic heterocycles. The first kappa shape index (κ1) is 16.3. The number of ether oxygens (including phenoxy) is 1. The van der Waals surface area contributed by atoms with Gasteiger partial charge in [0.1, 0.15) is 11.4 Å². The van der Waals surface area contributed by atoms with Gasteiger partial charge in [-0.1, -0.05) is 13.0 Å². The van der Waals surface area contributed by atoms with Gasteiger partial charge in [-0.2, -0.15) is 0 Å². The van der Waals surface area contributed by atoms with Crippen LogP contribution in [0.3, 0.4) is 0 Å². The molecule has 1 aliphatic rings. The predicted molar refractivity (Wildman–Crippen MR) is 85.6 cm³/mol. The average Bonchev–Trinajstić information content (AvgIpc) is 2.38. The molecule has 0 fully saturated rings. The van der Waals surface area contributed by atoms with Gasteiger partial charge in [-0.3, -0.25) is 5.32 Å². The van der Waals surface area contributed by atoms with Crippen LogP contribution in [-0.4, -0.2) is 31.7 Å². The van der Waals surface area contributed by atoms with Crippen molar-refractivity contribution in [2.24, 2.45) is 0 Å². The summed E-state index contributed by atoms with van der Waals surface area (Å²) in [7, 11) is -3.03. The van der Waals surface area contributed by atoms with Crippen LogP contribution in [0.1, 0.15) is 37.5 Å². The van der Waals surface area contributed by atoms with Gasteiger partial charge < -0.3 is 4.74 Å². The average molecular weight is 311 g/mol. The largest absolute Gasteiger partial charge is 0.486 e. The maximum absolute atomic E-state index is 11.7. The summed E-state index contributed by atoms with van der Waals surface area (Å²) in [6.07, 6.45) is 0.780. The molecule has 1 aliphatic heterocycles. The van der Waals surface area contributed by atoms with Crippen LogP contribution in [0.5, 0.6) is 5.75 Å². The Bertz CT molecular complexity index is 635. The lowest BCUT2D eigenvalue weighted by atomic mass is 9.87. The van der Waals surface area contributed by atoms with Crippen molar-refractivity contribution >= 4 is 9.84 Å². The molecular weight excluding hydrogens is 286 g/mol. The molecule has 1 heterocycles. The Balaban J connectivity index is 2.22. The number of fused-ring (bicyclic) bond motifs is 1. The molecule has 4 nitrogen and oxygen atoms in total. The second kappa shape index (κ2) is 5.61. The summed E-state index contributed by atoms with van der Waals surface area (Å²) in [5.74, 6) is 1.07. The van der Waals surface area contributed by atoms with E-state index in [1.165, 1.54) is 11.1 Å². The summed E-state index contributed by atoms with van der Waals surface area (Å²) in [6.45, 7) is 9.83. The van der Waals surface area contributed by atoms with Crippen LogP contribution >= 0.6 is 0 Å². The van der Waals surface area contributed by atoms with Crippen LogP contribution in [0.15, 0.2) is 12.1 Å².